The molecular weight excluding hydrogens is 196 g/mol. The molecule has 1 unspecified atom stereocenters. The fourth-order valence-electron chi connectivity index (χ4n) is 1.34. The Kier molecular flexibility index (Phi) is 5.37. The Balaban J connectivity index is 4.61. The predicted molar refractivity (Wildman–Crippen MR) is 56.6 cm³/mol. The molecule has 4 heteroatoms. The van der Waals surface area contributed by atoms with E-state index in [1.54, 1.807) is 0 Å². The lowest BCUT2D eigenvalue weighted by molar-refractivity contribution is -0.138. The highest BCUT2D eigenvalue weighted by atomic mass is 16.4. The minimum absolute atomic E-state index is 0.0982. The average Bonchev–Trinajstić information content (AvgIpc) is 2.14. The second kappa shape index (κ2) is 6.01. The fourth-order valence-corrected chi connectivity index (χ4v) is 1.34. The Morgan fingerprint density at radius 3 is 2.13 bits per heavy atom. The molecule has 0 saturated heterocycles. The topological polar surface area (TPSA) is 74.6 Å². The van der Waals surface area contributed by atoms with Crippen molar-refractivity contribution in [2.45, 2.75) is 26.2 Å². The Morgan fingerprint density at radius 2 is 1.80 bits per heavy atom. The highest BCUT2D eigenvalue weighted by Crippen LogP contribution is 2.24. The number of hydrogen-bond acceptors (Lipinski definition) is 2. The molecule has 15 heavy (non-hydrogen) atoms. The molecule has 0 aliphatic carbocycles. The number of rotatable bonds is 7. The zero-order chi connectivity index (χ0) is 12.0. The molecule has 4 nitrogen and oxygen atoms in total. The van der Waals surface area contributed by atoms with E-state index in [4.69, 9.17) is 10.2 Å². The van der Waals surface area contributed by atoms with Crippen LogP contribution in [0, 0.1) is 5.92 Å². The molecule has 0 aromatic heterocycles. The fraction of sp³-hybridized carbons (Fsp3) is 0.455. The lowest BCUT2D eigenvalue weighted by Crippen LogP contribution is -2.14. The summed E-state index contributed by atoms with van der Waals surface area (Å²) in [6.07, 6.45) is 1.29. The minimum Gasteiger partial charge on any atom is -0.481 e. The van der Waals surface area contributed by atoms with E-state index in [1.807, 2.05) is 6.92 Å². The molecule has 1 atom stereocenters. The first-order chi connectivity index (χ1) is 6.90. The first-order valence-corrected chi connectivity index (χ1v) is 4.73. The molecular formula is C11H16O4. The minimum atomic E-state index is -1.15. The van der Waals surface area contributed by atoms with Crippen LogP contribution in [0.1, 0.15) is 26.2 Å². The molecule has 0 spiro atoms. The largest absolute Gasteiger partial charge is 0.481 e. The Bertz CT molecular complexity index is 291. The third kappa shape index (κ3) is 4.44. The summed E-state index contributed by atoms with van der Waals surface area (Å²) in [6.45, 7) is 8.89. The zero-order valence-corrected chi connectivity index (χ0v) is 8.82. The molecule has 2 N–H and O–H groups in total. The number of carboxylic acids is 2. The van der Waals surface area contributed by atoms with Crippen molar-refractivity contribution in [3.05, 3.63) is 24.3 Å². The van der Waals surface area contributed by atoms with Gasteiger partial charge in [-0.3, -0.25) is 4.79 Å². The quantitative estimate of drug-likeness (QED) is 0.500. The van der Waals surface area contributed by atoms with Gasteiger partial charge in [-0.15, -0.1) is 0 Å². The summed E-state index contributed by atoms with van der Waals surface area (Å²) < 4.78 is 0. The summed E-state index contributed by atoms with van der Waals surface area (Å²) in [7, 11) is 0. The van der Waals surface area contributed by atoms with E-state index >= 15 is 0 Å². The van der Waals surface area contributed by atoms with Gasteiger partial charge in [-0.05, 0) is 17.9 Å². The molecule has 0 bridgehead atoms. The van der Waals surface area contributed by atoms with Crippen molar-refractivity contribution in [1.82, 2.24) is 0 Å². The summed E-state index contributed by atoms with van der Waals surface area (Å²) in [5, 5.41) is 17.4. The number of hydrogen-bond donors (Lipinski definition) is 2. The van der Waals surface area contributed by atoms with Crippen LogP contribution in [0.15, 0.2) is 24.3 Å². The van der Waals surface area contributed by atoms with Crippen molar-refractivity contribution in [1.29, 1.82) is 0 Å². The number of carboxylic acid groups (broad SMARTS) is 2. The van der Waals surface area contributed by atoms with E-state index in [2.05, 4.69) is 13.2 Å². The second-order valence-electron chi connectivity index (χ2n) is 3.39. The van der Waals surface area contributed by atoms with E-state index in [0.29, 0.717) is 12.0 Å². The molecule has 0 aromatic rings. The van der Waals surface area contributed by atoms with Gasteiger partial charge < -0.3 is 10.2 Å². The van der Waals surface area contributed by atoms with Crippen molar-refractivity contribution < 1.29 is 19.8 Å². The molecule has 0 aromatic carbocycles. The van der Waals surface area contributed by atoms with Crippen LogP contribution in [-0.2, 0) is 9.59 Å². The maximum atomic E-state index is 10.6. The van der Waals surface area contributed by atoms with Crippen LogP contribution in [0.25, 0.3) is 0 Å². The van der Waals surface area contributed by atoms with Gasteiger partial charge in [0.15, 0.2) is 0 Å². The average molecular weight is 212 g/mol. The Labute approximate surface area is 88.9 Å². The molecule has 84 valence electrons. The van der Waals surface area contributed by atoms with Crippen LogP contribution in [0.3, 0.4) is 0 Å². The van der Waals surface area contributed by atoms with E-state index in [9.17, 15) is 9.59 Å². The molecule has 0 heterocycles. The molecule has 0 rings (SSSR count). The van der Waals surface area contributed by atoms with Gasteiger partial charge in [-0.1, -0.05) is 26.5 Å². The third-order valence-corrected chi connectivity index (χ3v) is 2.20. The zero-order valence-electron chi connectivity index (χ0n) is 8.82. The van der Waals surface area contributed by atoms with Crippen molar-refractivity contribution in [2.75, 3.05) is 0 Å². The summed E-state index contributed by atoms with van der Waals surface area (Å²) in [5.74, 6) is -2.43. The highest BCUT2D eigenvalue weighted by molar-refractivity contribution is 5.91. The molecule has 0 fully saturated rings. The SMILES string of the molecule is C=C(C(=C)C(CCC)CC(=O)O)C(=O)O. The summed E-state index contributed by atoms with van der Waals surface area (Å²) in [5.41, 5.74) is 0.210. The van der Waals surface area contributed by atoms with Crippen LogP contribution in [0.5, 0.6) is 0 Å². The van der Waals surface area contributed by atoms with Crippen LogP contribution in [0.4, 0.5) is 0 Å². The first kappa shape index (κ1) is 13.4. The summed E-state index contributed by atoms with van der Waals surface area (Å²) in [4.78, 5) is 21.2. The summed E-state index contributed by atoms with van der Waals surface area (Å²) in [6, 6.07) is 0. The van der Waals surface area contributed by atoms with Crippen LogP contribution >= 0.6 is 0 Å². The van der Waals surface area contributed by atoms with E-state index in [-0.39, 0.29) is 17.9 Å². The van der Waals surface area contributed by atoms with Gasteiger partial charge in [0.25, 0.3) is 0 Å². The Morgan fingerprint density at radius 1 is 1.27 bits per heavy atom. The number of carbonyl (C=O) groups is 2. The Hall–Kier alpha value is -1.58. The molecule has 0 aliphatic rings. The highest BCUT2D eigenvalue weighted by Gasteiger charge is 2.20. The normalized spacial score (nSPS) is 11.8. The molecule has 0 radical (unpaired) electrons. The maximum absolute atomic E-state index is 10.6. The van der Waals surface area contributed by atoms with Crippen molar-refractivity contribution in [3.8, 4) is 0 Å². The van der Waals surface area contributed by atoms with Gasteiger partial charge in [0.2, 0.25) is 0 Å². The monoisotopic (exact) mass is 212 g/mol. The summed E-state index contributed by atoms with van der Waals surface area (Å²) >= 11 is 0. The van der Waals surface area contributed by atoms with Gasteiger partial charge in [0, 0.05) is 0 Å². The van der Waals surface area contributed by atoms with Gasteiger partial charge >= 0.3 is 11.9 Å². The van der Waals surface area contributed by atoms with Crippen molar-refractivity contribution in [2.24, 2.45) is 5.92 Å². The van der Waals surface area contributed by atoms with Gasteiger partial charge in [-0.2, -0.15) is 0 Å². The van der Waals surface area contributed by atoms with Crippen molar-refractivity contribution >= 4 is 11.9 Å². The third-order valence-electron chi connectivity index (χ3n) is 2.20. The van der Waals surface area contributed by atoms with Gasteiger partial charge in [0.1, 0.15) is 0 Å². The molecule has 0 amide bonds. The van der Waals surface area contributed by atoms with Crippen LogP contribution < -0.4 is 0 Å². The second-order valence-corrected chi connectivity index (χ2v) is 3.39. The lowest BCUT2D eigenvalue weighted by Gasteiger charge is -2.16. The smallest absolute Gasteiger partial charge is 0.335 e. The predicted octanol–water partition coefficient (Wildman–Crippen LogP) is 2.07. The molecule has 0 aliphatic heterocycles. The molecule has 0 saturated carbocycles. The van der Waals surface area contributed by atoms with Crippen LogP contribution in [-0.4, -0.2) is 22.2 Å². The van der Waals surface area contributed by atoms with Gasteiger partial charge in [-0.25, -0.2) is 4.79 Å². The lowest BCUT2D eigenvalue weighted by atomic mass is 9.88. The van der Waals surface area contributed by atoms with Gasteiger partial charge in [0.05, 0.1) is 12.0 Å². The van der Waals surface area contributed by atoms with Crippen molar-refractivity contribution in [3.63, 3.8) is 0 Å². The van der Waals surface area contributed by atoms with Crippen LogP contribution in [0.2, 0.25) is 0 Å². The standard InChI is InChI=1S/C11H16O4/c1-4-5-9(6-10(12)13)7(2)8(3)11(14)15/h9H,2-6H2,1H3,(H,12,13)(H,14,15). The van der Waals surface area contributed by atoms with E-state index in [0.717, 1.165) is 6.42 Å². The van der Waals surface area contributed by atoms with E-state index < -0.39 is 11.9 Å². The first-order valence-electron chi connectivity index (χ1n) is 4.73. The van der Waals surface area contributed by atoms with E-state index in [1.165, 1.54) is 0 Å². The number of aliphatic carboxylic acids is 2. The maximum Gasteiger partial charge on any atom is 0.335 e.